The summed E-state index contributed by atoms with van der Waals surface area (Å²) in [6.45, 7) is 0. The van der Waals surface area contributed by atoms with Gasteiger partial charge >= 0.3 is 0 Å². The van der Waals surface area contributed by atoms with E-state index in [4.69, 9.17) is 0 Å². The van der Waals surface area contributed by atoms with Crippen LogP contribution in [0.15, 0.2) is 54.0 Å². The SMILES string of the molecule is O=C(Nc1nc(-c2cccc(NS(=O)(=O)C3CC3)c2)cs1)c1ccccn1. The molecule has 4 rings (SSSR count). The van der Waals surface area contributed by atoms with Gasteiger partial charge in [-0.05, 0) is 37.1 Å². The zero-order valence-corrected chi connectivity index (χ0v) is 15.8. The van der Waals surface area contributed by atoms with Gasteiger partial charge in [0.2, 0.25) is 10.0 Å². The number of benzene rings is 1. The second kappa shape index (κ2) is 7.09. The third kappa shape index (κ3) is 4.15. The van der Waals surface area contributed by atoms with E-state index in [9.17, 15) is 13.2 Å². The van der Waals surface area contributed by atoms with E-state index in [1.165, 1.54) is 11.3 Å². The van der Waals surface area contributed by atoms with Crippen molar-refractivity contribution in [2.24, 2.45) is 0 Å². The van der Waals surface area contributed by atoms with Crippen molar-refractivity contribution in [2.75, 3.05) is 10.0 Å². The molecule has 0 spiro atoms. The van der Waals surface area contributed by atoms with E-state index in [1.54, 1.807) is 42.6 Å². The van der Waals surface area contributed by atoms with Crippen LogP contribution in [-0.2, 0) is 10.0 Å². The molecule has 0 atom stereocenters. The van der Waals surface area contributed by atoms with Crippen molar-refractivity contribution in [3.05, 3.63) is 59.7 Å². The van der Waals surface area contributed by atoms with Crippen LogP contribution in [0, 0.1) is 0 Å². The number of carbonyl (C=O) groups excluding carboxylic acids is 1. The van der Waals surface area contributed by atoms with E-state index in [1.807, 2.05) is 11.4 Å². The molecule has 138 valence electrons. The molecule has 9 heteroatoms. The molecule has 3 aromatic rings. The van der Waals surface area contributed by atoms with Crippen LogP contribution >= 0.6 is 11.3 Å². The second-order valence-electron chi connectivity index (χ2n) is 6.13. The highest BCUT2D eigenvalue weighted by Crippen LogP contribution is 2.31. The molecule has 0 saturated heterocycles. The lowest BCUT2D eigenvalue weighted by Crippen LogP contribution is -2.17. The smallest absolute Gasteiger partial charge is 0.276 e. The maximum absolute atomic E-state index is 12.2. The normalized spacial score (nSPS) is 13.9. The average Bonchev–Trinajstić information content (AvgIpc) is 3.43. The number of anilines is 2. The topological polar surface area (TPSA) is 101 Å². The Morgan fingerprint density at radius 3 is 2.74 bits per heavy atom. The van der Waals surface area contributed by atoms with E-state index in [2.05, 4.69) is 20.0 Å². The predicted molar refractivity (Wildman–Crippen MR) is 105 cm³/mol. The Morgan fingerprint density at radius 2 is 2.00 bits per heavy atom. The zero-order chi connectivity index (χ0) is 18.9. The molecular weight excluding hydrogens is 384 g/mol. The summed E-state index contributed by atoms with van der Waals surface area (Å²) in [7, 11) is -3.31. The van der Waals surface area contributed by atoms with Gasteiger partial charge in [0.1, 0.15) is 5.69 Å². The van der Waals surface area contributed by atoms with Gasteiger partial charge in [0.15, 0.2) is 5.13 Å². The number of hydrogen-bond donors (Lipinski definition) is 2. The van der Waals surface area contributed by atoms with Crippen LogP contribution in [0.5, 0.6) is 0 Å². The van der Waals surface area contributed by atoms with Crippen molar-refractivity contribution >= 4 is 38.1 Å². The number of nitrogens with zero attached hydrogens (tertiary/aromatic N) is 2. The number of thiazole rings is 1. The van der Waals surface area contributed by atoms with Crippen molar-refractivity contribution in [1.82, 2.24) is 9.97 Å². The quantitative estimate of drug-likeness (QED) is 0.661. The maximum Gasteiger partial charge on any atom is 0.276 e. The van der Waals surface area contributed by atoms with Gasteiger partial charge in [0.05, 0.1) is 10.9 Å². The van der Waals surface area contributed by atoms with Crippen LogP contribution in [0.4, 0.5) is 10.8 Å². The molecule has 1 aliphatic rings. The van der Waals surface area contributed by atoms with Crippen LogP contribution in [0.3, 0.4) is 0 Å². The van der Waals surface area contributed by atoms with Gasteiger partial charge in [-0.3, -0.25) is 19.8 Å². The first kappa shape index (κ1) is 17.6. The summed E-state index contributed by atoms with van der Waals surface area (Å²) >= 11 is 1.29. The van der Waals surface area contributed by atoms with E-state index in [0.717, 1.165) is 5.56 Å². The molecule has 7 nitrogen and oxygen atoms in total. The zero-order valence-electron chi connectivity index (χ0n) is 14.1. The lowest BCUT2D eigenvalue weighted by molar-refractivity contribution is 0.102. The van der Waals surface area contributed by atoms with Crippen LogP contribution in [-0.4, -0.2) is 29.5 Å². The standard InChI is InChI=1S/C18H16N4O3S2/c23-17(15-6-1-2-9-19-15)21-18-20-16(11-26-18)12-4-3-5-13(10-12)22-27(24,25)14-7-8-14/h1-6,9-11,14,22H,7-8H2,(H,20,21,23). The Hall–Kier alpha value is -2.78. The number of hydrogen-bond acceptors (Lipinski definition) is 6. The summed E-state index contributed by atoms with van der Waals surface area (Å²) in [6.07, 6.45) is 2.97. The van der Waals surface area contributed by atoms with Gasteiger partial charge in [0, 0.05) is 22.8 Å². The molecule has 27 heavy (non-hydrogen) atoms. The van der Waals surface area contributed by atoms with Crippen molar-refractivity contribution in [3.63, 3.8) is 0 Å². The Kier molecular flexibility index (Phi) is 4.63. The summed E-state index contributed by atoms with van der Waals surface area (Å²) in [6, 6.07) is 12.2. The molecule has 1 saturated carbocycles. The fourth-order valence-electron chi connectivity index (χ4n) is 2.49. The molecule has 0 unspecified atom stereocenters. The molecular formula is C18H16N4O3S2. The highest BCUT2D eigenvalue weighted by atomic mass is 32.2. The summed E-state index contributed by atoms with van der Waals surface area (Å²) in [5.41, 5.74) is 2.24. The molecule has 1 fully saturated rings. The van der Waals surface area contributed by atoms with Gasteiger partial charge in [-0.2, -0.15) is 0 Å². The fourth-order valence-corrected chi connectivity index (χ4v) is 4.58. The number of amides is 1. The number of sulfonamides is 1. The number of carbonyl (C=O) groups is 1. The Morgan fingerprint density at radius 1 is 1.15 bits per heavy atom. The number of rotatable bonds is 6. The van der Waals surface area contributed by atoms with Crippen molar-refractivity contribution in [1.29, 1.82) is 0 Å². The lowest BCUT2D eigenvalue weighted by atomic mass is 10.1. The lowest BCUT2D eigenvalue weighted by Gasteiger charge is -2.07. The number of pyridine rings is 1. The summed E-state index contributed by atoms with van der Waals surface area (Å²) < 4.78 is 26.8. The molecule has 2 heterocycles. The Balaban J connectivity index is 1.50. The van der Waals surface area contributed by atoms with Crippen molar-refractivity contribution in [3.8, 4) is 11.3 Å². The maximum atomic E-state index is 12.2. The van der Waals surface area contributed by atoms with Gasteiger partial charge in [-0.1, -0.05) is 18.2 Å². The third-order valence-corrected chi connectivity index (χ3v) is 6.63. The molecule has 2 N–H and O–H groups in total. The molecule has 0 aliphatic heterocycles. The van der Waals surface area contributed by atoms with E-state index >= 15 is 0 Å². The molecule has 0 bridgehead atoms. The largest absolute Gasteiger partial charge is 0.296 e. The van der Waals surface area contributed by atoms with Crippen LogP contribution in [0.2, 0.25) is 0 Å². The van der Waals surface area contributed by atoms with Crippen LogP contribution in [0.25, 0.3) is 11.3 Å². The van der Waals surface area contributed by atoms with Crippen LogP contribution in [0.1, 0.15) is 23.3 Å². The predicted octanol–water partition coefficient (Wildman–Crippen LogP) is 3.36. The van der Waals surface area contributed by atoms with E-state index in [-0.39, 0.29) is 11.2 Å². The second-order valence-corrected chi connectivity index (χ2v) is 8.95. The monoisotopic (exact) mass is 400 g/mol. The highest BCUT2D eigenvalue weighted by molar-refractivity contribution is 7.93. The van der Waals surface area contributed by atoms with Gasteiger partial charge in [-0.15, -0.1) is 11.3 Å². The van der Waals surface area contributed by atoms with Gasteiger partial charge in [0.25, 0.3) is 5.91 Å². The molecule has 1 aliphatic carbocycles. The van der Waals surface area contributed by atoms with Crippen LogP contribution < -0.4 is 10.0 Å². The Labute approximate surface area is 160 Å². The fraction of sp³-hybridized carbons (Fsp3) is 0.167. The summed E-state index contributed by atoms with van der Waals surface area (Å²) in [5, 5.41) is 4.69. The molecule has 1 amide bonds. The minimum Gasteiger partial charge on any atom is -0.296 e. The molecule has 0 radical (unpaired) electrons. The van der Waals surface area contributed by atoms with Gasteiger partial charge < -0.3 is 0 Å². The third-order valence-electron chi connectivity index (χ3n) is 4.00. The molecule has 1 aromatic carbocycles. The average molecular weight is 400 g/mol. The minimum atomic E-state index is -3.31. The first-order chi connectivity index (χ1) is 13.0. The summed E-state index contributed by atoms with van der Waals surface area (Å²) in [5.74, 6) is -0.331. The van der Waals surface area contributed by atoms with E-state index < -0.39 is 10.0 Å². The number of nitrogens with one attached hydrogen (secondary N) is 2. The number of aromatic nitrogens is 2. The minimum absolute atomic E-state index is 0.283. The Bertz CT molecular complexity index is 1080. The van der Waals surface area contributed by atoms with Crippen molar-refractivity contribution in [2.45, 2.75) is 18.1 Å². The molecule has 2 aromatic heterocycles. The first-order valence-corrected chi connectivity index (χ1v) is 10.7. The van der Waals surface area contributed by atoms with Gasteiger partial charge in [-0.25, -0.2) is 13.4 Å². The first-order valence-electron chi connectivity index (χ1n) is 8.31. The highest BCUT2D eigenvalue weighted by Gasteiger charge is 2.35. The van der Waals surface area contributed by atoms with E-state index in [0.29, 0.717) is 35.0 Å². The van der Waals surface area contributed by atoms with Crippen molar-refractivity contribution < 1.29 is 13.2 Å². The summed E-state index contributed by atoms with van der Waals surface area (Å²) in [4.78, 5) is 20.6.